The van der Waals surface area contributed by atoms with Gasteiger partial charge in [0.15, 0.2) is 0 Å². The number of thioether (sulfide) groups is 1. The number of nitrogens with zero attached hydrogens (tertiary/aromatic N) is 1. The topological polar surface area (TPSA) is 42.4 Å². The predicted octanol–water partition coefficient (Wildman–Crippen LogP) is 4.22. The maximum atomic E-state index is 10.1. The summed E-state index contributed by atoms with van der Waals surface area (Å²) < 4.78 is 5.89. The molecule has 0 amide bonds. The lowest BCUT2D eigenvalue weighted by molar-refractivity contribution is 0.125. The Morgan fingerprint density at radius 2 is 2.00 bits per heavy atom. The van der Waals surface area contributed by atoms with Gasteiger partial charge in [0, 0.05) is 11.9 Å². The standard InChI is InChI=1S/C19H25NO2S/c1-14-8-9-17(16(11-14)19(2,3)4)22-12-15(21)13-23-18-7-5-6-10-20-18/h5-11,15,21H,12-13H2,1-4H3/t15-/m1/s1. The van der Waals surface area contributed by atoms with Gasteiger partial charge in [-0.3, -0.25) is 0 Å². The van der Waals surface area contributed by atoms with Crippen LogP contribution in [0.2, 0.25) is 0 Å². The first-order valence-corrected chi connectivity index (χ1v) is 8.80. The van der Waals surface area contributed by atoms with Crippen molar-refractivity contribution in [1.29, 1.82) is 0 Å². The molecule has 0 fully saturated rings. The maximum Gasteiger partial charge on any atom is 0.123 e. The average Bonchev–Trinajstić information content (AvgIpc) is 2.52. The molecule has 2 rings (SSSR count). The fourth-order valence-corrected chi connectivity index (χ4v) is 2.97. The first-order valence-electron chi connectivity index (χ1n) is 7.82. The first-order chi connectivity index (χ1) is 10.9. The van der Waals surface area contributed by atoms with E-state index in [4.69, 9.17) is 4.74 Å². The molecular formula is C19H25NO2S. The number of aromatic nitrogens is 1. The number of aliphatic hydroxyl groups is 1. The third-order valence-corrected chi connectivity index (χ3v) is 4.52. The van der Waals surface area contributed by atoms with E-state index in [-0.39, 0.29) is 12.0 Å². The molecule has 0 unspecified atom stereocenters. The summed E-state index contributed by atoms with van der Waals surface area (Å²) in [4.78, 5) is 4.24. The summed E-state index contributed by atoms with van der Waals surface area (Å²) in [6, 6.07) is 12.0. The lowest BCUT2D eigenvalue weighted by Crippen LogP contribution is -2.22. The second-order valence-corrected chi connectivity index (χ2v) is 7.73. The van der Waals surface area contributed by atoms with E-state index < -0.39 is 6.10 Å². The van der Waals surface area contributed by atoms with Crippen LogP contribution in [0.1, 0.15) is 31.9 Å². The van der Waals surface area contributed by atoms with E-state index in [9.17, 15) is 5.11 Å². The van der Waals surface area contributed by atoms with E-state index in [1.165, 1.54) is 22.9 Å². The van der Waals surface area contributed by atoms with Crippen molar-refractivity contribution in [3.05, 3.63) is 53.7 Å². The van der Waals surface area contributed by atoms with Crippen LogP contribution in [0.4, 0.5) is 0 Å². The van der Waals surface area contributed by atoms with Crippen LogP contribution in [0.15, 0.2) is 47.6 Å². The van der Waals surface area contributed by atoms with Crippen LogP contribution in [0.3, 0.4) is 0 Å². The molecule has 0 saturated heterocycles. The molecule has 0 bridgehead atoms. The quantitative estimate of drug-likeness (QED) is 0.805. The fourth-order valence-electron chi connectivity index (χ4n) is 2.20. The summed E-state index contributed by atoms with van der Waals surface area (Å²) in [5.41, 5.74) is 2.39. The lowest BCUT2D eigenvalue weighted by atomic mass is 9.85. The first kappa shape index (κ1) is 17.8. The van der Waals surface area contributed by atoms with Crippen molar-refractivity contribution >= 4 is 11.8 Å². The Bertz CT molecular complexity index is 623. The van der Waals surface area contributed by atoms with Gasteiger partial charge in [-0.2, -0.15) is 0 Å². The van der Waals surface area contributed by atoms with Crippen molar-refractivity contribution in [1.82, 2.24) is 4.98 Å². The molecule has 0 aliphatic rings. The van der Waals surface area contributed by atoms with Crippen LogP contribution in [0, 0.1) is 6.92 Å². The monoisotopic (exact) mass is 331 g/mol. The van der Waals surface area contributed by atoms with Crippen molar-refractivity contribution in [3.8, 4) is 5.75 Å². The van der Waals surface area contributed by atoms with E-state index in [2.05, 4.69) is 38.7 Å². The molecule has 1 aromatic heterocycles. The fraction of sp³-hybridized carbons (Fsp3) is 0.421. The molecule has 1 atom stereocenters. The van der Waals surface area contributed by atoms with Crippen LogP contribution in [0.25, 0.3) is 0 Å². The van der Waals surface area contributed by atoms with Gasteiger partial charge in [-0.25, -0.2) is 4.98 Å². The molecule has 0 aliphatic carbocycles. The number of aryl methyl sites for hydroxylation is 1. The lowest BCUT2D eigenvalue weighted by Gasteiger charge is -2.24. The van der Waals surface area contributed by atoms with Gasteiger partial charge in [0.25, 0.3) is 0 Å². The van der Waals surface area contributed by atoms with Crippen LogP contribution < -0.4 is 4.74 Å². The van der Waals surface area contributed by atoms with E-state index in [1.54, 1.807) is 6.20 Å². The Balaban J connectivity index is 1.93. The Morgan fingerprint density at radius 1 is 1.22 bits per heavy atom. The van der Waals surface area contributed by atoms with E-state index in [1.807, 2.05) is 30.3 Å². The molecule has 1 aromatic carbocycles. The Hall–Kier alpha value is -1.52. The second-order valence-electron chi connectivity index (χ2n) is 6.69. The highest BCUT2D eigenvalue weighted by Crippen LogP contribution is 2.32. The van der Waals surface area contributed by atoms with Crippen molar-refractivity contribution in [2.75, 3.05) is 12.4 Å². The molecule has 0 radical (unpaired) electrons. The van der Waals surface area contributed by atoms with E-state index in [0.717, 1.165) is 10.8 Å². The van der Waals surface area contributed by atoms with Gasteiger partial charge in [-0.05, 0) is 36.1 Å². The zero-order chi connectivity index (χ0) is 16.9. The molecule has 0 spiro atoms. The van der Waals surface area contributed by atoms with Gasteiger partial charge < -0.3 is 9.84 Å². The number of benzene rings is 1. The van der Waals surface area contributed by atoms with Gasteiger partial charge in [-0.15, -0.1) is 11.8 Å². The summed E-state index contributed by atoms with van der Waals surface area (Å²) in [6.07, 6.45) is 1.23. The Labute approximate surface area is 143 Å². The minimum absolute atomic E-state index is 0.00894. The molecule has 4 heteroatoms. The van der Waals surface area contributed by atoms with E-state index >= 15 is 0 Å². The van der Waals surface area contributed by atoms with Gasteiger partial charge in [-0.1, -0.05) is 44.5 Å². The molecule has 0 saturated carbocycles. The second kappa shape index (κ2) is 7.84. The van der Waals surface area contributed by atoms with Crippen molar-refractivity contribution in [2.45, 2.75) is 44.2 Å². The van der Waals surface area contributed by atoms with Crippen molar-refractivity contribution in [2.24, 2.45) is 0 Å². The number of hydrogen-bond donors (Lipinski definition) is 1. The zero-order valence-electron chi connectivity index (χ0n) is 14.2. The zero-order valence-corrected chi connectivity index (χ0v) is 15.1. The van der Waals surface area contributed by atoms with Gasteiger partial charge in [0.05, 0.1) is 11.1 Å². The average molecular weight is 331 g/mol. The van der Waals surface area contributed by atoms with Crippen LogP contribution in [-0.2, 0) is 5.41 Å². The summed E-state index contributed by atoms with van der Waals surface area (Å²) in [6.45, 7) is 8.87. The number of ether oxygens (including phenoxy) is 1. The molecule has 0 aliphatic heterocycles. The minimum Gasteiger partial charge on any atom is -0.491 e. The molecule has 124 valence electrons. The highest BCUT2D eigenvalue weighted by atomic mass is 32.2. The van der Waals surface area contributed by atoms with Gasteiger partial charge >= 0.3 is 0 Å². The summed E-state index contributed by atoms with van der Waals surface area (Å²) >= 11 is 1.53. The SMILES string of the molecule is Cc1ccc(OC[C@@H](O)CSc2ccccn2)c(C(C)(C)C)c1. The molecule has 3 nitrogen and oxygen atoms in total. The van der Waals surface area contributed by atoms with Crippen LogP contribution in [-0.4, -0.2) is 28.6 Å². The number of rotatable bonds is 6. The summed E-state index contributed by atoms with van der Waals surface area (Å²) in [7, 11) is 0. The minimum atomic E-state index is -0.531. The van der Waals surface area contributed by atoms with Crippen LogP contribution >= 0.6 is 11.8 Å². The number of aliphatic hydroxyl groups excluding tert-OH is 1. The number of hydrogen-bond acceptors (Lipinski definition) is 4. The largest absolute Gasteiger partial charge is 0.491 e. The molecule has 1 heterocycles. The highest BCUT2D eigenvalue weighted by molar-refractivity contribution is 7.99. The highest BCUT2D eigenvalue weighted by Gasteiger charge is 2.19. The normalized spacial score (nSPS) is 12.9. The predicted molar refractivity (Wildman–Crippen MR) is 96.3 cm³/mol. The van der Waals surface area contributed by atoms with E-state index in [0.29, 0.717) is 5.75 Å². The molecule has 2 aromatic rings. The van der Waals surface area contributed by atoms with Crippen molar-refractivity contribution < 1.29 is 9.84 Å². The summed E-state index contributed by atoms with van der Waals surface area (Å²) in [5.74, 6) is 1.42. The van der Waals surface area contributed by atoms with Gasteiger partial charge in [0.1, 0.15) is 12.4 Å². The third-order valence-electron chi connectivity index (χ3n) is 3.44. The van der Waals surface area contributed by atoms with Crippen LogP contribution in [0.5, 0.6) is 5.75 Å². The number of pyridine rings is 1. The molecule has 1 N–H and O–H groups in total. The smallest absolute Gasteiger partial charge is 0.123 e. The summed E-state index contributed by atoms with van der Waals surface area (Å²) in [5, 5.41) is 11.1. The Morgan fingerprint density at radius 3 is 2.65 bits per heavy atom. The third kappa shape index (κ3) is 5.56. The van der Waals surface area contributed by atoms with Crippen molar-refractivity contribution in [3.63, 3.8) is 0 Å². The maximum absolute atomic E-state index is 10.1. The molecule has 23 heavy (non-hydrogen) atoms. The molecular weight excluding hydrogens is 306 g/mol. The Kier molecular flexibility index (Phi) is 6.08. The van der Waals surface area contributed by atoms with Gasteiger partial charge in [0.2, 0.25) is 0 Å².